The van der Waals surface area contributed by atoms with Gasteiger partial charge in [-0.2, -0.15) is 0 Å². The molecule has 1 saturated heterocycles. The van der Waals surface area contributed by atoms with Gasteiger partial charge in [0.05, 0.1) is 30.5 Å². The summed E-state index contributed by atoms with van der Waals surface area (Å²) in [5, 5.41) is 8.16. The minimum absolute atomic E-state index is 0.269. The summed E-state index contributed by atoms with van der Waals surface area (Å²) in [5.74, 6) is 0. The molecule has 5 nitrogen and oxygen atoms in total. The maximum Gasteiger partial charge on any atom is 0.102 e. The van der Waals surface area contributed by atoms with Crippen LogP contribution >= 0.6 is 0 Å². The molecule has 2 atom stereocenters. The number of rotatable bonds is 3. The lowest BCUT2D eigenvalue weighted by Crippen LogP contribution is -2.29. The lowest BCUT2D eigenvalue weighted by molar-refractivity contribution is 0.0433. The van der Waals surface area contributed by atoms with Gasteiger partial charge in [-0.05, 0) is 33.6 Å². The molecule has 0 bridgehead atoms. The molecule has 0 aliphatic carbocycles. The minimum atomic E-state index is -0.428. The predicted molar refractivity (Wildman–Crippen MR) is 60.8 cm³/mol. The monoisotopic (exact) mass is 224 g/mol. The van der Waals surface area contributed by atoms with Crippen molar-refractivity contribution in [2.75, 3.05) is 0 Å². The average Bonchev–Trinajstić information content (AvgIpc) is 2.74. The summed E-state index contributed by atoms with van der Waals surface area (Å²) in [6, 6.07) is 0. The molecule has 1 aliphatic rings. The van der Waals surface area contributed by atoms with Crippen molar-refractivity contribution in [2.45, 2.75) is 57.9 Å². The molecule has 2 N–H and O–H groups in total. The average molecular weight is 224 g/mol. The summed E-state index contributed by atoms with van der Waals surface area (Å²) in [6.45, 7) is 6.73. The van der Waals surface area contributed by atoms with Gasteiger partial charge < -0.3 is 10.5 Å². The molecule has 16 heavy (non-hydrogen) atoms. The molecule has 0 spiro atoms. The van der Waals surface area contributed by atoms with Crippen molar-refractivity contribution >= 4 is 0 Å². The Morgan fingerprint density at radius 2 is 2.31 bits per heavy atom. The maximum absolute atomic E-state index is 5.95. The molecule has 2 heterocycles. The van der Waals surface area contributed by atoms with E-state index < -0.39 is 5.54 Å². The highest BCUT2D eigenvalue weighted by atomic mass is 16.5. The maximum atomic E-state index is 5.95. The van der Waals surface area contributed by atoms with Gasteiger partial charge in [-0.25, -0.2) is 4.68 Å². The van der Waals surface area contributed by atoms with Crippen molar-refractivity contribution in [2.24, 2.45) is 5.73 Å². The molecule has 2 unspecified atom stereocenters. The van der Waals surface area contributed by atoms with Crippen molar-refractivity contribution < 1.29 is 4.74 Å². The van der Waals surface area contributed by atoms with E-state index in [1.54, 1.807) is 0 Å². The zero-order chi connectivity index (χ0) is 11.8. The number of aromatic nitrogens is 3. The molecule has 1 aliphatic heterocycles. The van der Waals surface area contributed by atoms with Gasteiger partial charge in [0.25, 0.3) is 0 Å². The number of nitrogens with two attached hydrogens (primary N) is 1. The minimum Gasteiger partial charge on any atom is -0.373 e. The van der Waals surface area contributed by atoms with Crippen molar-refractivity contribution in [3.05, 3.63) is 11.9 Å². The summed E-state index contributed by atoms with van der Waals surface area (Å²) in [6.07, 6.45) is 4.79. The molecular weight excluding hydrogens is 204 g/mol. The first-order chi connectivity index (χ1) is 7.45. The molecule has 1 aromatic rings. The Hall–Kier alpha value is -0.940. The predicted octanol–water partition coefficient (Wildman–Crippen LogP) is 1.04. The third-order valence-corrected chi connectivity index (χ3v) is 2.91. The van der Waals surface area contributed by atoms with E-state index in [2.05, 4.69) is 17.2 Å². The van der Waals surface area contributed by atoms with Crippen LogP contribution in [0.15, 0.2) is 6.20 Å². The second kappa shape index (κ2) is 4.14. The smallest absolute Gasteiger partial charge is 0.102 e. The Morgan fingerprint density at radius 3 is 2.81 bits per heavy atom. The van der Waals surface area contributed by atoms with Crippen LogP contribution in [0, 0.1) is 0 Å². The molecule has 0 amide bonds. The quantitative estimate of drug-likeness (QED) is 0.833. The van der Waals surface area contributed by atoms with Gasteiger partial charge in [0.1, 0.15) is 5.69 Å². The van der Waals surface area contributed by atoms with Crippen molar-refractivity contribution in [3.8, 4) is 0 Å². The Bertz CT molecular complexity index is 355. The van der Waals surface area contributed by atoms with Crippen LogP contribution in [0.5, 0.6) is 0 Å². The lowest BCUT2D eigenvalue weighted by Gasteiger charge is -2.13. The van der Waals surface area contributed by atoms with E-state index in [-0.39, 0.29) is 6.10 Å². The van der Waals surface area contributed by atoms with Gasteiger partial charge in [-0.1, -0.05) is 5.21 Å². The molecule has 1 fully saturated rings. The van der Waals surface area contributed by atoms with Crippen LogP contribution in [0.3, 0.4) is 0 Å². The SMILES string of the molecule is CC1CCC(Cn2cc(C(C)(C)N)nn2)O1. The first-order valence-electron chi connectivity index (χ1n) is 5.80. The van der Waals surface area contributed by atoms with Crippen LogP contribution in [0.2, 0.25) is 0 Å². The summed E-state index contributed by atoms with van der Waals surface area (Å²) in [5.41, 5.74) is 6.34. The fourth-order valence-electron chi connectivity index (χ4n) is 1.91. The Balaban J connectivity index is 1.98. The van der Waals surface area contributed by atoms with Crippen molar-refractivity contribution in [3.63, 3.8) is 0 Å². The van der Waals surface area contributed by atoms with Crippen molar-refractivity contribution in [1.82, 2.24) is 15.0 Å². The van der Waals surface area contributed by atoms with Gasteiger partial charge in [0.2, 0.25) is 0 Å². The highest BCUT2D eigenvalue weighted by Gasteiger charge is 2.24. The van der Waals surface area contributed by atoms with Crippen LogP contribution in [-0.4, -0.2) is 27.2 Å². The summed E-state index contributed by atoms with van der Waals surface area (Å²) >= 11 is 0. The van der Waals surface area contributed by atoms with Gasteiger partial charge in [-0.3, -0.25) is 0 Å². The standard InChI is InChI=1S/C11H20N4O/c1-8-4-5-9(16-8)6-15-7-10(13-14-15)11(2,3)12/h7-9H,4-6,12H2,1-3H3. The molecule has 5 heteroatoms. The van der Waals surface area contributed by atoms with Gasteiger partial charge in [0.15, 0.2) is 0 Å². The normalized spacial score (nSPS) is 26.2. The molecule has 1 aromatic heterocycles. The van der Waals surface area contributed by atoms with Gasteiger partial charge in [-0.15, -0.1) is 5.10 Å². The molecule has 0 saturated carbocycles. The molecule has 2 rings (SSSR count). The van der Waals surface area contributed by atoms with E-state index in [9.17, 15) is 0 Å². The second-order valence-electron chi connectivity index (χ2n) is 5.19. The van der Waals surface area contributed by atoms with E-state index in [0.29, 0.717) is 6.10 Å². The Labute approximate surface area is 96.0 Å². The third kappa shape index (κ3) is 2.59. The fraction of sp³-hybridized carbons (Fsp3) is 0.818. The Morgan fingerprint density at radius 1 is 1.56 bits per heavy atom. The van der Waals surface area contributed by atoms with Crippen LogP contribution in [0.4, 0.5) is 0 Å². The van der Waals surface area contributed by atoms with Gasteiger partial charge in [0, 0.05) is 0 Å². The lowest BCUT2D eigenvalue weighted by atomic mass is 10.0. The summed E-state index contributed by atoms with van der Waals surface area (Å²) in [4.78, 5) is 0. The summed E-state index contributed by atoms with van der Waals surface area (Å²) < 4.78 is 7.57. The van der Waals surface area contributed by atoms with E-state index in [1.165, 1.54) is 0 Å². The van der Waals surface area contributed by atoms with E-state index in [4.69, 9.17) is 10.5 Å². The fourth-order valence-corrected chi connectivity index (χ4v) is 1.91. The van der Waals surface area contributed by atoms with Crippen LogP contribution in [-0.2, 0) is 16.8 Å². The van der Waals surface area contributed by atoms with Crippen molar-refractivity contribution in [1.29, 1.82) is 0 Å². The van der Waals surface area contributed by atoms with E-state index in [1.807, 2.05) is 24.7 Å². The number of nitrogens with zero attached hydrogens (tertiary/aromatic N) is 3. The topological polar surface area (TPSA) is 66.0 Å². The Kier molecular flexibility index (Phi) is 2.99. The zero-order valence-corrected chi connectivity index (χ0v) is 10.2. The second-order valence-corrected chi connectivity index (χ2v) is 5.19. The van der Waals surface area contributed by atoms with Crippen LogP contribution in [0.1, 0.15) is 39.3 Å². The van der Waals surface area contributed by atoms with E-state index >= 15 is 0 Å². The number of hydrogen-bond acceptors (Lipinski definition) is 4. The first-order valence-corrected chi connectivity index (χ1v) is 5.80. The third-order valence-electron chi connectivity index (χ3n) is 2.91. The molecule has 0 radical (unpaired) electrons. The van der Waals surface area contributed by atoms with Crippen LogP contribution < -0.4 is 5.73 Å². The zero-order valence-electron chi connectivity index (χ0n) is 10.2. The van der Waals surface area contributed by atoms with Crippen LogP contribution in [0.25, 0.3) is 0 Å². The molecular formula is C11H20N4O. The highest BCUT2D eigenvalue weighted by Crippen LogP contribution is 2.20. The van der Waals surface area contributed by atoms with Gasteiger partial charge >= 0.3 is 0 Å². The number of ether oxygens (including phenoxy) is 1. The first kappa shape index (κ1) is 11.5. The molecule has 90 valence electrons. The summed E-state index contributed by atoms with van der Waals surface area (Å²) in [7, 11) is 0. The van der Waals surface area contributed by atoms with E-state index in [0.717, 1.165) is 25.1 Å². The largest absolute Gasteiger partial charge is 0.373 e. The number of hydrogen-bond donors (Lipinski definition) is 1. The highest BCUT2D eigenvalue weighted by molar-refractivity contribution is 5.05. The molecule has 0 aromatic carbocycles.